The van der Waals surface area contributed by atoms with Crippen LogP contribution in [-0.2, 0) is 4.79 Å². The van der Waals surface area contributed by atoms with Gasteiger partial charge in [-0.05, 0) is 35.4 Å². The molecule has 0 spiro atoms. The van der Waals surface area contributed by atoms with Crippen LogP contribution in [0.4, 0.5) is 5.69 Å². The number of amides is 1. The molecule has 3 aromatic rings. The highest BCUT2D eigenvalue weighted by Gasteiger charge is 2.30. The van der Waals surface area contributed by atoms with E-state index in [4.69, 9.17) is 9.47 Å². The second-order valence-corrected chi connectivity index (χ2v) is 7.11. The van der Waals surface area contributed by atoms with Crippen molar-refractivity contribution < 1.29 is 14.3 Å². The summed E-state index contributed by atoms with van der Waals surface area (Å²) in [4.78, 5) is 13.6. The predicted octanol–water partition coefficient (Wildman–Crippen LogP) is 4.91. The van der Waals surface area contributed by atoms with Crippen LogP contribution in [-0.4, -0.2) is 20.1 Å². The zero-order chi connectivity index (χ0) is 18.1. The molecular weight excluding hydrogens is 346 g/mol. The van der Waals surface area contributed by atoms with Crippen molar-refractivity contribution in [3.8, 4) is 22.6 Å². The summed E-state index contributed by atoms with van der Waals surface area (Å²) in [6.45, 7) is 0. The van der Waals surface area contributed by atoms with Crippen LogP contribution < -0.4 is 14.8 Å². The number of rotatable bonds is 4. The van der Waals surface area contributed by atoms with Gasteiger partial charge in [-0.3, -0.25) is 4.79 Å². The molecule has 132 valence electrons. The molecule has 0 saturated heterocycles. The van der Waals surface area contributed by atoms with E-state index < -0.39 is 0 Å². The third-order valence-corrected chi connectivity index (χ3v) is 5.81. The number of hydrogen-bond acceptors (Lipinski definition) is 4. The lowest BCUT2D eigenvalue weighted by Gasteiger charge is -2.24. The third-order valence-electron chi connectivity index (χ3n) is 4.71. The summed E-state index contributed by atoms with van der Waals surface area (Å²) in [7, 11) is 3.31. The Labute approximate surface area is 156 Å². The lowest BCUT2D eigenvalue weighted by atomic mass is 9.89. The van der Waals surface area contributed by atoms with E-state index in [1.165, 1.54) is 4.88 Å². The molecule has 0 radical (unpaired) electrons. The van der Waals surface area contributed by atoms with Gasteiger partial charge in [0.05, 0.1) is 19.9 Å². The van der Waals surface area contributed by atoms with E-state index in [0.717, 1.165) is 33.9 Å². The Hall–Kier alpha value is -2.79. The SMILES string of the molecule is COc1ccc(-c2csc3c2NC(=O)C[C@H]3c2ccc(OC)cc2)cc1. The number of nitrogens with one attached hydrogen (secondary N) is 1. The number of fused-ring (bicyclic) bond motifs is 1. The Bertz CT molecular complexity index is 929. The van der Waals surface area contributed by atoms with Crippen LogP contribution >= 0.6 is 11.3 Å². The van der Waals surface area contributed by atoms with Crippen molar-refractivity contribution in [2.45, 2.75) is 12.3 Å². The largest absolute Gasteiger partial charge is 0.497 e. The van der Waals surface area contributed by atoms with Crippen LogP contribution in [0.5, 0.6) is 11.5 Å². The molecule has 4 nitrogen and oxygen atoms in total. The summed E-state index contributed by atoms with van der Waals surface area (Å²) in [5.41, 5.74) is 4.18. The second kappa shape index (κ2) is 6.84. The molecule has 0 fully saturated rings. The van der Waals surface area contributed by atoms with Crippen molar-refractivity contribution in [2.24, 2.45) is 0 Å². The van der Waals surface area contributed by atoms with Crippen molar-refractivity contribution in [2.75, 3.05) is 19.5 Å². The number of carbonyl (C=O) groups excluding carboxylic acids is 1. The van der Waals surface area contributed by atoms with Crippen LogP contribution in [0.2, 0.25) is 0 Å². The fraction of sp³-hybridized carbons (Fsp3) is 0.190. The van der Waals surface area contributed by atoms with Crippen LogP contribution in [0.1, 0.15) is 22.8 Å². The third kappa shape index (κ3) is 2.95. The minimum atomic E-state index is 0.0477. The zero-order valence-corrected chi connectivity index (χ0v) is 15.4. The molecule has 0 saturated carbocycles. The molecular formula is C21H19NO3S. The van der Waals surface area contributed by atoms with Gasteiger partial charge in [-0.25, -0.2) is 0 Å². The molecule has 1 N–H and O–H groups in total. The van der Waals surface area contributed by atoms with Gasteiger partial charge in [0.2, 0.25) is 5.91 Å². The number of carbonyl (C=O) groups is 1. The highest BCUT2D eigenvalue weighted by molar-refractivity contribution is 7.11. The average molecular weight is 365 g/mol. The van der Waals surface area contributed by atoms with Gasteiger partial charge in [0.15, 0.2) is 0 Å². The Morgan fingerprint density at radius 2 is 1.58 bits per heavy atom. The number of benzene rings is 2. The summed E-state index contributed by atoms with van der Waals surface area (Å²) in [5.74, 6) is 1.76. The van der Waals surface area contributed by atoms with Gasteiger partial charge in [-0.15, -0.1) is 11.3 Å². The molecule has 0 aliphatic carbocycles. The molecule has 0 bridgehead atoms. The molecule has 2 aromatic carbocycles. The van der Waals surface area contributed by atoms with Crippen molar-refractivity contribution in [1.82, 2.24) is 0 Å². The molecule has 1 aliphatic heterocycles. The summed E-state index contributed by atoms with van der Waals surface area (Å²) in [6, 6.07) is 15.9. The maximum atomic E-state index is 12.4. The predicted molar refractivity (Wildman–Crippen MR) is 104 cm³/mol. The first-order valence-electron chi connectivity index (χ1n) is 8.39. The van der Waals surface area contributed by atoms with E-state index in [9.17, 15) is 4.79 Å². The van der Waals surface area contributed by atoms with Crippen molar-refractivity contribution >= 4 is 22.9 Å². The smallest absolute Gasteiger partial charge is 0.225 e. The lowest BCUT2D eigenvalue weighted by Crippen LogP contribution is -2.22. The summed E-state index contributed by atoms with van der Waals surface area (Å²) in [5, 5.41) is 5.19. The van der Waals surface area contributed by atoms with E-state index in [0.29, 0.717) is 6.42 Å². The van der Waals surface area contributed by atoms with E-state index in [2.05, 4.69) is 10.7 Å². The average Bonchev–Trinajstić information content (AvgIpc) is 3.11. The summed E-state index contributed by atoms with van der Waals surface area (Å²) in [6.07, 6.45) is 0.460. The van der Waals surface area contributed by atoms with Crippen LogP contribution in [0.3, 0.4) is 0 Å². The highest BCUT2D eigenvalue weighted by atomic mass is 32.1. The molecule has 0 unspecified atom stereocenters. The first kappa shape index (κ1) is 16.7. The first-order valence-corrected chi connectivity index (χ1v) is 9.27. The Balaban J connectivity index is 1.74. The quantitative estimate of drug-likeness (QED) is 0.715. The molecule has 26 heavy (non-hydrogen) atoms. The monoisotopic (exact) mass is 365 g/mol. The standard InChI is InChI=1S/C21H19NO3S/c1-24-15-7-3-13(4-8-15)17-11-19(23)22-20-18(12-26-21(17)20)14-5-9-16(25-2)10-6-14/h3-10,12,17H,11H2,1-2H3,(H,22,23)/t17-/m0/s1. The van der Waals surface area contributed by atoms with E-state index >= 15 is 0 Å². The molecule has 1 aromatic heterocycles. The first-order chi connectivity index (χ1) is 12.7. The highest BCUT2D eigenvalue weighted by Crippen LogP contribution is 2.46. The maximum absolute atomic E-state index is 12.4. The number of ether oxygens (including phenoxy) is 2. The van der Waals surface area contributed by atoms with Gasteiger partial charge in [-0.1, -0.05) is 24.3 Å². The Morgan fingerprint density at radius 1 is 0.962 bits per heavy atom. The molecule has 5 heteroatoms. The van der Waals surface area contributed by atoms with Crippen molar-refractivity contribution in [3.05, 3.63) is 64.4 Å². The molecule has 1 atom stereocenters. The minimum Gasteiger partial charge on any atom is -0.497 e. The Kier molecular flexibility index (Phi) is 4.39. The Morgan fingerprint density at radius 3 is 2.19 bits per heavy atom. The van der Waals surface area contributed by atoms with Gasteiger partial charge in [0.25, 0.3) is 0 Å². The number of thiophene rings is 1. The van der Waals surface area contributed by atoms with Gasteiger partial charge < -0.3 is 14.8 Å². The lowest BCUT2D eigenvalue weighted by molar-refractivity contribution is -0.116. The van der Waals surface area contributed by atoms with Gasteiger partial charge >= 0.3 is 0 Å². The summed E-state index contributed by atoms with van der Waals surface area (Å²) < 4.78 is 10.5. The number of hydrogen-bond donors (Lipinski definition) is 1. The van der Waals surface area contributed by atoms with Gasteiger partial charge in [0.1, 0.15) is 11.5 Å². The van der Waals surface area contributed by atoms with E-state index in [-0.39, 0.29) is 11.8 Å². The molecule has 1 amide bonds. The fourth-order valence-corrected chi connectivity index (χ4v) is 4.48. The summed E-state index contributed by atoms with van der Waals surface area (Å²) >= 11 is 1.69. The second-order valence-electron chi connectivity index (χ2n) is 6.20. The minimum absolute atomic E-state index is 0.0477. The fourth-order valence-electron chi connectivity index (χ4n) is 3.32. The molecule has 2 heterocycles. The van der Waals surface area contributed by atoms with Gasteiger partial charge in [0, 0.05) is 28.2 Å². The zero-order valence-electron chi connectivity index (χ0n) is 14.6. The molecule has 4 rings (SSSR count). The normalized spacial score (nSPS) is 15.9. The van der Waals surface area contributed by atoms with Crippen LogP contribution in [0.15, 0.2) is 53.9 Å². The van der Waals surface area contributed by atoms with Crippen molar-refractivity contribution in [3.63, 3.8) is 0 Å². The van der Waals surface area contributed by atoms with Crippen LogP contribution in [0.25, 0.3) is 11.1 Å². The molecule has 1 aliphatic rings. The topological polar surface area (TPSA) is 47.6 Å². The van der Waals surface area contributed by atoms with Crippen molar-refractivity contribution in [1.29, 1.82) is 0 Å². The van der Waals surface area contributed by atoms with Crippen LogP contribution in [0, 0.1) is 0 Å². The van der Waals surface area contributed by atoms with E-state index in [1.807, 2.05) is 48.5 Å². The van der Waals surface area contributed by atoms with Gasteiger partial charge in [-0.2, -0.15) is 0 Å². The number of methoxy groups -OCH3 is 2. The maximum Gasteiger partial charge on any atom is 0.225 e. The van der Waals surface area contributed by atoms with E-state index in [1.54, 1.807) is 25.6 Å². The number of anilines is 1.